The fourth-order valence-corrected chi connectivity index (χ4v) is 3.28. The number of nitrogens with one attached hydrogen (secondary N) is 1. The van der Waals surface area contributed by atoms with Crippen molar-refractivity contribution in [2.24, 2.45) is 0 Å². The van der Waals surface area contributed by atoms with Gasteiger partial charge in [0.05, 0.1) is 6.42 Å². The minimum Gasteiger partial charge on any atom is -0.367 e. The molecule has 8 nitrogen and oxygen atoms in total. The predicted molar refractivity (Wildman–Crippen MR) is 55.7 cm³/mol. The van der Waals surface area contributed by atoms with Crippen LogP contribution in [0.25, 0.3) is 0 Å². The zero-order valence-corrected chi connectivity index (χ0v) is 10.3. The Morgan fingerprint density at radius 1 is 1.12 bits per heavy atom. The molecule has 0 saturated heterocycles. The third-order valence-corrected chi connectivity index (χ3v) is 5.88. The van der Waals surface area contributed by atoms with Gasteiger partial charge in [0.1, 0.15) is 0 Å². The van der Waals surface area contributed by atoms with E-state index in [9.17, 15) is 14.2 Å². The van der Waals surface area contributed by atoms with E-state index in [1.807, 2.05) is 0 Å². The molecule has 0 fully saturated rings. The summed E-state index contributed by atoms with van der Waals surface area (Å²) >= 11 is 0. The van der Waals surface area contributed by atoms with Gasteiger partial charge in [-0.15, -0.1) is 0 Å². The number of aromatic nitrogens is 1. The molecule has 17 heavy (non-hydrogen) atoms. The quantitative estimate of drug-likeness (QED) is 0.447. The van der Waals surface area contributed by atoms with Gasteiger partial charge in [-0.25, -0.2) is 4.98 Å². The van der Waals surface area contributed by atoms with Gasteiger partial charge in [-0.05, 0) is 0 Å². The summed E-state index contributed by atoms with van der Waals surface area (Å²) in [4.78, 5) is 38.1. The highest BCUT2D eigenvalue weighted by molar-refractivity contribution is 7.72. The minimum absolute atomic E-state index is 0.0849. The highest BCUT2D eigenvalue weighted by Gasteiger charge is 2.60. The van der Waals surface area contributed by atoms with Crippen molar-refractivity contribution >= 4 is 15.2 Å². The molecule has 10 heteroatoms. The molecule has 96 valence electrons. The molecule has 0 amide bonds. The number of rotatable bonds is 4. The molecule has 1 rings (SSSR count). The van der Waals surface area contributed by atoms with Crippen molar-refractivity contribution in [3.05, 3.63) is 30.1 Å². The molecule has 0 unspecified atom stereocenters. The second-order valence-electron chi connectivity index (χ2n) is 3.43. The van der Waals surface area contributed by atoms with Crippen LogP contribution < -0.4 is 4.98 Å². The zero-order valence-electron chi connectivity index (χ0n) is 8.46. The first-order valence-corrected chi connectivity index (χ1v) is 7.60. The van der Waals surface area contributed by atoms with Gasteiger partial charge in [-0.2, -0.15) is 0 Å². The average Bonchev–Trinajstić information content (AvgIpc) is 2.15. The summed E-state index contributed by atoms with van der Waals surface area (Å²) in [6, 6.07) is 4.40. The van der Waals surface area contributed by atoms with Gasteiger partial charge in [0, 0.05) is 12.1 Å². The molecule has 0 atom stereocenters. The lowest BCUT2D eigenvalue weighted by atomic mass is 10.3. The molecule has 0 spiro atoms. The Labute approximate surface area is 96.3 Å². The zero-order chi connectivity index (χ0) is 13.3. The van der Waals surface area contributed by atoms with Gasteiger partial charge in [-0.3, -0.25) is 9.13 Å². The number of hydrogen-bond acceptors (Lipinski definition) is 3. The van der Waals surface area contributed by atoms with Gasteiger partial charge >= 0.3 is 15.2 Å². The van der Waals surface area contributed by atoms with Gasteiger partial charge < -0.3 is 24.7 Å². The molecule has 0 aliphatic carbocycles. The topological polar surface area (TPSA) is 149 Å². The monoisotopic (exact) mass is 284 g/mol. The van der Waals surface area contributed by atoms with Crippen LogP contribution in [0.15, 0.2) is 24.4 Å². The van der Waals surface area contributed by atoms with Crippen molar-refractivity contribution < 1.29 is 38.8 Å². The Kier molecular flexibility index (Phi) is 3.91. The SMILES string of the molecule is O=P(O)(O)C(O)(Cc1cccc[nH+]1)P(=O)(O)O. The molecular weight excluding hydrogens is 272 g/mol. The lowest BCUT2D eigenvalue weighted by Crippen LogP contribution is -2.33. The number of H-pyrrole nitrogens is 1. The normalized spacial score (nSPS) is 13.7. The van der Waals surface area contributed by atoms with Gasteiger partial charge in [0.2, 0.25) is 0 Å². The van der Waals surface area contributed by atoms with Crippen LogP contribution in [0.4, 0.5) is 0 Å². The Hall–Kier alpha value is -0.590. The van der Waals surface area contributed by atoms with Crippen LogP contribution in [-0.2, 0) is 15.6 Å². The molecule has 1 aromatic heterocycles. The number of pyridine rings is 1. The minimum atomic E-state index is -5.40. The first-order valence-electron chi connectivity index (χ1n) is 4.37. The molecule has 0 radical (unpaired) electrons. The van der Waals surface area contributed by atoms with Gasteiger partial charge in [0.25, 0.3) is 5.08 Å². The van der Waals surface area contributed by atoms with E-state index in [0.717, 1.165) is 0 Å². The highest BCUT2D eigenvalue weighted by Crippen LogP contribution is 2.68. The van der Waals surface area contributed by atoms with Crippen LogP contribution in [-0.4, -0.2) is 29.8 Å². The summed E-state index contributed by atoms with van der Waals surface area (Å²) in [5.74, 6) is 0. The third kappa shape index (κ3) is 3.00. The summed E-state index contributed by atoms with van der Waals surface area (Å²) < 4.78 is 22.1. The molecule has 0 aliphatic rings. The number of aliphatic hydroxyl groups is 1. The molecule has 0 bridgehead atoms. The van der Waals surface area contributed by atoms with E-state index in [2.05, 4.69) is 4.98 Å². The van der Waals surface area contributed by atoms with E-state index in [4.69, 9.17) is 19.6 Å². The predicted octanol–water partition coefficient (Wildman–Crippen LogP) is -0.955. The van der Waals surface area contributed by atoms with Crippen LogP contribution in [0.5, 0.6) is 0 Å². The Morgan fingerprint density at radius 3 is 2.00 bits per heavy atom. The fraction of sp³-hybridized carbons (Fsp3) is 0.286. The largest absolute Gasteiger partial charge is 0.370 e. The molecule has 1 heterocycles. The highest BCUT2D eigenvalue weighted by atomic mass is 31.2. The van der Waals surface area contributed by atoms with E-state index >= 15 is 0 Å². The lowest BCUT2D eigenvalue weighted by molar-refractivity contribution is -0.391. The Balaban J connectivity index is 3.20. The molecule has 0 saturated carbocycles. The summed E-state index contributed by atoms with van der Waals surface area (Å²) in [5.41, 5.74) is 0.0849. The summed E-state index contributed by atoms with van der Waals surface area (Å²) in [5, 5.41) is 6.17. The van der Waals surface area contributed by atoms with E-state index in [1.165, 1.54) is 18.3 Å². The van der Waals surface area contributed by atoms with E-state index < -0.39 is 26.7 Å². The Morgan fingerprint density at radius 2 is 1.65 bits per heavy atom. The molecule has 0 aliphatic heterocycles. The van der Waals surface area contributed by atoms with Gasteiger partial charge in [-0.1, -0.05) is 6.07 Å². The number of aromatic amines is 1. The van der Waals surface area contributed by atoms with Crippen molar-refractivity contribution in [3.8, 4) is 0 Å². The van der Waals surface area contributed by atoms with Crippen LogP contribution >= 0.6 is 15.2 Å². The van der Waals surface area contributed by atoms with Crippen molar-refractivity contribution in [1.82, 2.24) is 0 Å². The first kappa shape index (κ1) is 14.5. The van der Waals surface area contributed by atoms with Crippen molar-refractivity contribution in [2.75, 3.05) is 0 Å². The molecular formula is C7H12NO7P2+. The second-order valence-corrected chi connectivity index (χ2v) is 7.44. The van der Waals surface area contributed by atoms with Crippen LogP contribution in [0.3, 0.4) is 0 Å². The third-order valence-electron chi connectivity index (χ3n) is 2.13. The van der Waals surface area contributed by atoms with Crippen molar-refractivity contribution in [3.63, 3.8) is 0 Å². The molecule has 0 aromatic carbocycles. The maximum absolute atomic E-state index is 11.0. The first-order chi connectivity index (χ1) is 7.58. The van der Waals surface area contributed by atoms with Crippen molar-refractivity contribution in [2.45, 2.75) is 11.5 Å². The van der Waals surface area contributed by atoms with E-state index in [-0.39, 0.29) is 5.69 Å². The smallest absolute Gasteiger partial charge is 0.367 e. The van der Waals surface area contributed by atoms with E-state index in [0.29, 0.717) is 0 Å². The maximum atomic E-state index is 11.0. The van der Waals surface area contributed by atoms with Crippen LogP contribution in [0.1, 0.15) is 5.69 Å². The van der Waals surface area contributed by atoms with E-state index in [1.54, 1.807) is 6.07 Å². The molecule has 1 aromatic rings. The van der Waals surface area contributed by atoms with Crippen LogP contribution in [0, 0.1) is 0 Å². The van der Waals surface area contributed by atoms with Crippen molar-refractivity contribution in [1.29, 1.82) is 0 Å². The number of hydrogen-bond donors (Lipinski definition) is 5. The average molecular weight is 284 g/mol. The van der Waals surface area contributed by atoms with Crippen LogP contribution in [0.2, 0.25) is 0 Å². The fourth-order valence-electron chi connectivity index (χ4n) is 1.17. The maximum Gasteiger partial charge on any atom is 0.370 e. The summed E-state index contributed by atoms with van der Waals surface area (Å²) in [6.07, 6.45) is 0.511. The summed E-state index contributed by atoms with van der Waals surface area (Å²) in [6.45, 7) is 0. The second kappa shape index (κ2) is 4.59. The Bertz CT molecular complexity index is 456. The standard InChI is InChI=1S/C7H11NO7P2/c9-7(16(10,11)12,17(13,14)15)5-6-3-1-2-4-8-6/h1-4,9H,5H2,(H2,10,11,12)(H2,13,14,15)/p+1. The molecule has 6 N–H and O–H groups in total. The van der Waals surface area contributed by atoms with Gasteiger partial charge in [0.15, 0.2) is 11.9 Å². The summed E-state index contributed by atoms with van der Waals surface area (Å²) in [7, 11) is -10.8. The lowest BCUT2D eigenvalue weighted by Gasteiger charge is -2.27.